The van der Waals surface area contributed by atoms with E-state index in [-0.39, 0.29) is 24.0 Å². The molecule has 0 radical (unpaired) electrons. The van der Waals surface area contributed by atoms with Crippen LogP contribution >= 0.6 is 0 Å². The van der Waals surface area contributed by atoms with E-state index < -0.39 is 0 Å². The van der Waals surface area contributed by atoms with Crippen molar-refractivity contribution >= 4 is 17.6 Å². The van der Waals surface area contributed by atoms with Crippen molar-refractivity contribution in [3.63, 3.8) is 0 Å². The van der Waals surface area contributed by atoms with Gasteiger partial charge in [0.25, 0.3) is 0 Å². The number of urea groups is 1. The highest BCUT2D eigenvalue weighted by molar-refractivity contribution is 5.89. The van der Waals surface area contributed by atoms with E-state index in [1.165, 1.54) is 11.1 Å². The number of nitrogens with zero attached hydrogens (tertiary/aromatic N) is 2. The van der Waals surface area contributed by atoms with Crippen molar-refractivity contribution in [3.05, 3.63) is 59.7 Å². The molecule has 0 bridgehead atoms. The first kappa shape index (κ1) is 22.2. The Balaban J connectivity index is 1.24. The van der Waals surface area contributed by atoms with Crippen molar-refractivity contribution in [2.45, 2.75) is 52.8 Å². The smallest absolute Gasteiger partial charge is 0.322 e. The molecule has 1 atom stereocenters. The van der Waals surface area contributed by atoms with Gasteiger partial charge in [-0.2, -0.15) is 0 Å². The largest absolute Gasteiger partial charge is 0.490 e. The summed E-state index contributed by atoms with van der Waals surface area (Å²) in [5.41, 5.74) is 3.16. The first-order valence-corrected chi connectivity index (χ1v) is 11.6. The van der Waals surface area contributed by atoms with E-state index in [1.807, 2.05) is 53.1 Å². The number of fused-ring (bicyclic) bond motifs is 1. The molecule has 2 aromatic rings. The van der Waals surface area contributed by atoms with Crippen molar-refractivity contribution in [2.75, 3.05) is 18.4 Å². The van der Waals surface area contributed by atoms with E-state index in [1.54, 1.807) is 0 Å². The highest BCUT2D eigenvalue weighted by Crippen LogP contribution is 2.25. The zero-order chi connectivity index (χ0) is 22.7. The minimum absolute atomic E-state index is 0.0601. The second-order valence-electron chi connectivity index (χ2n) is 9.25. The van der Waals surface area contributed by atoms with E-state index in [0.717, 1.165) is 37.4 Å². The van der Waals surface area contributed by atoms with Crippen LogP contribution in [0.3, 0.4) is 0 Å². The fraction of sp³-hybridized carbons (Fsp3) is 0.462. The van der Waals surface area contributed by atoms with E-state index >= 15 is 0 Å². The van der Waals surface area contributed by atoms with Crippen molar-refractivity contribution in [3.8, 4) is 5.75 Å². The molecular formula is C26H33N3O3. The summed E-state index contributed by atoms with van der Waals surface area (Å²) in [5, 5.41) is 2.97. The van der Waals surface area contributed by atoms with Gasteiger partial charge in [0, 0.05) is 50.6 Å². The van der Waals surface area contributed by atoms with Gasteiger partial charge in [-0.05, 0) is 41.3 Å². The number of ether oxygens (including phenoxy) is 1. The van der Waals surface area contributed by atoms with Crippen LogP contribution in [0.4, 0.5) is 10.5 Å². The average Bonchev–Trinajstić information content (AvgIpc) is 3.24. The number of hydrogen-bond donors (Lipinski definition) is 1. The topological polar surface area (TPSA) is 61.9 Å². The Kier molecular flexibility index (Phi) is 6.68. The molecular weight excluding hydrogens is 402 g/mol. The molecule has 1 fully saturated rings. The Bertz CT molecular complexity index is 924. The van der Waals surface area contributed by atoms with Crippen molar-refractivity contribution in [1.82, 2.24) is 9.80 Å². The van der Waals surface area contributed by atoms with Gasteiger partial charge in [-0.1, -0.05) is 45.0 Å². The lowest BCUT2D eigenvalue weighted by Crippen LogP contribution is -2.44. The normalized spacial score (nSPS) is 17.2. The highest BCUT2D eigenvalue weighted by Gasteiger charge is 2.28. The van der Waals surface area contributed by atoms with Gasteiger partial charge >= 0.3 is 6.03 Å². The third-order valence-corrected chi connectivity index (χ3v) is 6.68. The zero-order valence-corrected chi connectivity index (χ0v) is 19.2. The van der Waals surface area contributed by atoms with Crippen molar-refractivity contribution in [1.29, 1.82) is 0 Å². The number of carbonyl (C=O) groups is 2. The maximum absolute atomic E-state index is 12.6. The second kappa shape index (κ2) is 9.63. The van der Waals surface area contributed by atoms with E-state index in [9.17, 15) is 9.59 Å². The Morgan fingerprint density at radius 2 is 1.50 bits per heavy atom. The van der Waals surface area contributed by atoms with Crippen LogP contribution in [0, 0.1) is 11.8 Å². The van der Waals surface area contributed by atoms with Crippen LogP contribution in [-0.4, -0.2) is 40.9 Å². The number of benzene rings is 2. The Labute approximate surface area is 190 Å². The molecule has 2 aromatic carbocycles. The molecule has 0 spiro atoms. The van der Waals surface area contributed by atoms with Crippen LogP contribution < -0.4 is 10.1 Å². The van der Waals surface area contributed by atoms with Gasteiger partial charge in [-0.25, -0.2) is 4.79 Å². The molecule has 2 aliphatic rings. The number of nitrogens with one attached hydrogen (secondary N) is 1. The molecule has 0 aliphatic carbocycles. The Morgan fingerprint density at radius 1 is 0.906 bits per heavy atom. The Hall–Kier alpha value is -3.02. The number of rotatable bonds is 5. The van der Waals surface area contributed by atoms with Crippen LogP contribution in [0.25, 0.3) is 0 Å². The first-order valence-electron chi connectivity index (χ1n) is 11.6. The van der Waals surface area contributed by atoms with Gasteiger partial charge in [-0.15, -0.1) is 0 Å². The molecule has 1 saturated heterocycles. The monoisotopic (exact) mass is 435 g/mol. The molecule has 0 aromatic heterocycles. The molecule has 1 N–H and O–H groups in total. The van der Waals surface area contributed by atoms with E-state index in [2.05, 4.69) is 31.3 Å². The summed E-state index contributed by atoms with van der Waals surface area (Å²) in [6.45, 7) is 8.96. The number of anilines is 1. The third-order valence-electron chi connectivity index (χ3n) is 6.68. The third kappa shape index (κ3) is 5.06. The summed E-state index contributed by atoms with van der Waals surface area (Å²) in [7, 11) is 0. The maximum Gasteiger partial charge on any atom is 0.322 e. The molecule has 4 rings (SSSR count). The quantitative estimate of drug-likeness (QED) is 0.727. The van der Waals surface area contributed by atoms with E-state index in [4.69, 9.17) is 4.74 Å². The summed E-state index contributed by atoms with van der Waals surface area (Å²) in [6.07, 6.45) is 1.78. The van der Waals surface area contributed by atoms with Crippen molar-refractivity contribution < 1.29 is 14.3 Å². The summed E-state index contributed by atoms with van der Waals surface area (Å²) in [6, 6.07) is 15.6. The molecule has 2 aliphatic heterocycles. The van der Waals surface area contributed by atoms with Crippen LogP contribution in [0.2, 0.25) is 0 Å². The minimum atomic E-state index is -0.0949. The molecule has 2 heterocycles. The van der Waals surface area contributed by atoms with Crippen LogP contribution in [-0.2, 0) is 17.9 Å². The summed E-state index contributed by atoms with van der Waals surface area (Å²) in [5.74, 6) is 1.46. The summed E-state index contributed by atoms with van der Waals surface area (Å²) < 4.78 is 6.13. The maximum atomic E-state index is 12.6. The fourth-order valence-corrected chi connectivity index (χ4v) is 4.26. The molecule has 3 amide bonds. The number of hydrogen-bond acceptors (Lipinski definition) is 3. The lowest BCUT2D eigenvalue weighted by atomic mass is 9.95. The first-order chi connectivity index (χ1) is 15.4. The van der Waals surface area contributed by atoms with Crippen LogP contribution in [0.5, 0.6) is 5.75 Å². The molecule has 6 nitrogen and oxygen atoms in total. The number of carbonyl (C=O) groups excluding carboxylic acids is 2. The SMILES string of the molecule is CC(C)C(C)C(=O)N1CCC(Oc2ccc(NC(=O)N3Cc4ccccc4C3)cc2)CC1. The molecule has 0 saturated carbocycles. The zero-order valence-electron chi connectivity index (χ0n) is 19.2. The summed E-state index contributed by atoms with van der Waals surface area (Å²) in [4.78, 5) is 28.9. The van der Waals surface area contributed by atoms with Gasteiger partial charge in [-0.3, -0.25) is 4.79 Å². The summed E-state index contributed by atoms with van der Waals surface area (Å²) >= 11 is 0. The predicted molar refractivity (Wildman–Crippen MR) is 125 cm³/mol. The van der Waals surface area contributed by atoms with Gasteiger partial charge in [0.1, 0.15) is 11.9 Å². The van der Waals surface area contributed by atoms with E-state index in [0.29, 0.717) is 19.0 Å². The molecule has 32 heavy (non-hydrogen) atoms. The van der Waals surface area contributed by atoms with Gasteiger partial charge in [0.2, 0.25) is 5.91 Å². The van der Waals surface area contributed by atoms with Gasteiger partial charge in [0.15, 0.2) is 0 Å². The van der Waals surface area contributed by atoms with Gasteiger partial charge in [0.05, 0.1) is 0 Å². The second-order valence-corrected chi connectivity index (χ2v) is 9.25. The molecule has 170 valence electrons. The molecule has 1 unspecified atom stereocenters. The predicted octanol–water partition coefficient (Wildman–Crippen LogP) is 4.90. The number of likely N-dealkylation sites (tertiary alicyclic amines) is 1. The standard InChI is InChI=1S/C26H33N3O3/c1-18(2)19(3)25(30)28-14-12-24(13-15-28)32-23-10-8-22(9-11-23)27-26(31)29-16-20-6-4-5-7-21(20)17-29/h4-11,18-19,24H,12-17H2,1-3H3,(H,27,31). The number of amides is 3. The van der Waals surface area contributed by atoms with Crippen LogP contribution in [0.15, 0.2) is 48.5 Å². The minimum Gasteiger partial charge on any atom is -0.490 e. The average molecular weight is 436 g/mol. The Morgan fingerprint density at radius 3 is 2.06 bits per heavy atom. The van der Waals surface area contributed by atoms with Crippen LogP contribution in [0.1, 0.15) is 44.7 Å². The van der Waals surface area contributed by atoms with Gasteiger partial charge < -0.3 is 19.9 Å². The number of piperidine rings is 1. The fourth-order valence-electron chi connectivity index (χ4n) is 4.26. The highest BCUT2D eigenvalue weighted by atomic mass is 16.5. The van der Waals surface area contributed by atoms with Crippen molar-refractivity contribution in [2.24, 2.45) is 11.8 Å². The molecule has 6 heteroatoms. The lowest BCUT2D eigenvalue weighted by Gasteiger charge is -2.34. The lowest BCUT2D eigenvalue weighted by molar-refractivity contribution is -0.138.